The van der Waals surface area contributed by atoms with Crippen molar-refractivity contribution in [2.24, 2.45) is 0 Å². The van der Waals surface area contributed by atoms with E-state index in [1.165, 1.54) is 20.0 Å². The molecule has 1 N–H and O–H groups in total. The van der Waals surface area contributed by atoms with Gasteiger partial charge in [-0.1, -0.05) is 6.07 Å². The minimum Gasteiger partial charge on any atom is -0.309 e. The van der Waals surface area contributed by atoms with E-state index in [1.807, 2.05) is 0 Å². The van der Waals surface area contributed by atoms with Gasteiger partial charge in [-0.3, -0.25) is 0 Å². The van der Waals surface area contributed by atoms with Crippen molar-refractivity contribution < 1.29 is 22.0 Å². The number of rotatable bonds is 3. The Bertz CT molecular complexity index is 661. The van der Waals surface area contributed by atoms with E-state index in [1.54, 1.807) is 0 Å². The molecule has 0 amide bonds. The number of hydrogen-bond donors (Lipinski definition) is 1. The summed E-state index contributed by atoms with van der Waals surface area (Å²) in [6.07, 6.45) is 0. The number of aryl methyl sites for hydroxylation is 1. The highest BCUT2D eigenvalue weighted by Crippen LogP contribution is 2.29. The molecule has 0 aliphatic carbocycles. The SMILES string of the molecule is CNC(c1cc(F)c(F)c(F)c1)c1c(F)ccc(C)c1F. The standard InChI is InChI=1S/C15H12F5N/c1-7-3-4-9(16)12(13(7)19)15(21-2)8-5-10(17)14(20)11(18)6-8/h3-6,15,21H,1-2H3. The average Bonchev–Trinajstić information content (AvgIpc) is 2.44. The van der Waals surface area contributed by atoms with E-state index >= 15 is 0 Å². The first-order valence-corrected chi connectivity index (χ1v) is 6.13. The first-order valence-electron chi connectivity index (χ1n) is 6.13. The van der Waals surface area contributed by atoms with Crippen LogP contribution in [0.4, 0.5) is 22.0 Å². The van der Waals surface area contributed by atoms with Crippen LogP contribution in [0.15, 0.2) is 24.3 Å². The summed E-state index contributed by atoms with van der Waals surface area (Å²) in [5.41, 5.74) is -0.296. The lowest BCUT2D eigenvalue weighted by Gasteiger charge is -2.20. The van der Waals surface area contributed by atoms with Crippen molar-refractivity contribution in [3.8, 4) is 0 Å². The monoisotopic (exact) mass is 301 g/mol. The number of nitrogens with one attached hydrogen (secondary N) is 1. The summed E-state index contributed by atoms with van der Waals surface area (Å²) in [5.74, 6) is -6.14. The van der Waals surface area contributed by atoms with Crippen LogP contribution >= 0.6 is 0 Å². The summed E-state index contributed by atoms with van der Waals surface area (Å²) < 4.78 is 67.6. The molecule has 1 nitrogen and oxygen atoms in total. The number of halogens is 5. The fourth-order valence-corrected chi connectivity index (χ4v) is 2.16. The van der Waals surface area contributed by atoms with E-state index in [-0.39, 0.29) is 16.7 Å². The van der Waals surface area contributed by atoms with Gasteiger partial charge in [0.2, 0.25) is 0 Å². The predicted octanol–water partition coefficient (Wildman–Crippen LogP) is 4.00. The number of benzene rings is 2. The van der Waals surface area contributed by atoms with Crippen LogP contribution in [0.1, 0.15) is 22.7 Å². The molecule has 112 valence electrons. The molecule has 0 aromatic heterocycles. The summed E-state index contributed by atoms with van der Waals surface area (Å²) in [6, 6.07) is 2.59. The van der Waals surface area contributed by atoms with Gasteiger partial charge in [0, 0.05) is 5.56 Å². The molecule has 0 spiro atoms. The molecule has 2 rings (SSSR count). The summed E-state index contributed by atoms with van der Waals surface area (Å²) in [7, 11) is 1.38. The third-order valence-electron chi connectivity index (χ3n) is 3.24. The van der Waals surface area contributed by atoms with Gasteiger partial charge in [-0.2, -0.15) is 0 Å². The van der Waals surface area contributed by atoms with Gasteiger partial charge in [0.05, 0.1) is 6.04 Å². The maximum absolute atomic E-state index is 14.1. The molecule has 6 heteroatoms. The average molecular weight is 301 g/mol. The molecule has 1 atom stereocenters. The Morgan fingerprint density at radius 2 is 1.43 bits per heavy atom. The van der Waals surface area contributed by atoms with Crippen molar-refractivity contribution in [1.82, 2.24) is 5.32 Å². The first kappa shape index (κ1) is 15.4. The van der Waals surface area contributed by atoms with Gasteiger partial charge in [-0.25, -0.2) is 22.0 Å². The Labute approximate surface area is 118 Å². The largest absolute Gasteiger partial charge is 0.309 e. The predicted molar refractivity (Wildman–Crippen MR) is 68.3 cm³/mol. The molecule has 0 fully saturated rings. The fraction of sp³-hybridized carbons (Fsp3) is 0.200. The zero-order chi connectivity index (χ0) is 15.7. The van der Waals surface area contributed by atoms with Gasteiger partial charge in [-0.15, -0.1) is 0 Å². The van der Waals surface area contributed by atoms with Crippen LogP contribution in [0, 0.1) is 36.0 Å². The van der Waals surface area contributed by atoms with Crippen LogP contribution in [0.5, 0.6) is 0 Å². The maximum atomic E-state index is 14.1. The zero-order valence-corrected chi connectivity index (χ0v) is 11.3. The lowest BCUT2D eigenvalue weighted by Crippen LogP contribution is -2.21. The first-order chi connectivity index (χ1) is 9.86. The quantitative estimate of drug-likeness (QED) is 0.667. The maximum Gasteiger partial charge on any atom is 0.194 e. The van der Waals surface area contributed by atoms with Crippen molar-refractivity contribution in [3.63, 3.8) is 0 Å². The molecular formula is C15H12F5N. The van der Waals surface area contributed by atoms with Gasteiger partial charge in [-0.05, 0) is 43.3 Å². The third kappa shape index (κ3) is 2.76. The third-order valence-corrected chi connectivity index (χ3v) is 3.24. The fourth-order valence-electron chi connectivity index (χ4n) is 2.16. The Morgan fingerprint density at radius 1 is 0.857 bits per heavy atom. The second-order valence-electron chi connectivity index (χ2n) is 4.61. The molecule has 0 radical (unpaired) electrons. The van der Waals surface area contributed by atoms with Crippen LogP contribution in [0.2, 0.25) is 0 Å². The number of hydrogen-bond acceptors (Lipinski definition) is 1. The normalized spacial score (nSPS) is 12.5. The summed E-state index contributed by atoms with van der Waals surface area (Å²) in [4.78, 5) is 0. The van der Waals surface area contributed by atoms with Crippen molar-refractivity contribution in [3.05, 3.63) is 70.0 Å². The van der Waals surface area contributed by atoms with Gasteiger partial charge < -0.3 is 5.32 Å². The van der Waals surface area contributed by atoms with Crippen LogP contribution < -0.4 is 5.32 Å². The molecule has 2 aromatic carbocycles. The molecule has 0 aliphatic heterocycles. The van der Waals surface area contributed by atoms with E-state index in [2.05, 4.69) is 5.32 Å². The van der Waals surface area contributed by atoms with Gasteiger partial charge in [0.25, 0.3) is 0 Å². The molecule has 0 heterocycles. The minimum atomic E-state index is -1.63. The summed E-state index contributed by atoms with van der Waals surface area (Å²) >= 11 is 0. The van der Waals surface area contributed by atoms with Crippen LogP contribution in [-0.4, -0.2) is 7.05 Å². The second kappa shape index (κ2) is 5.81. The van der Waals surface area contributed by atoms with Gasteiger partial charge in [0.1, 0.15) is 11.6 Å². The van der Waals surface area contributed by atoms with E-state index in [0.717, 1.165) is 6.07 Å². The van der Waals surface area contributed by atoms with Crippen molar-refractivity contribution in [2.45, 2.75) is 13.0 Å². The van der Waals surface area contributed by atoms with E-state index in [9.17, 15) is 22.0 Å². The summed E-state index contributed by atoms with van der Waals surface area (Å²) in [5, 5.41) is 2.58. The lowest BCUT2D eigenvalue weighted by atomic mass is 9.96. The van der Waals surface area contributed by atoms with Crippen molar-refractivity contribution in [2.75, 3.05) is 7.05 Å². The highest BCUT2D eigenvalue weighted by Gasteiger charge is 2.24. The molecule has 0 aliphatic rings. The molecular weight excluding hydrogens is 289 g/mol. The van der Waals surface area contributed by atoms with Gasteiger partial charge in [0.15, 0.2) is 17.5 Å². The highest BCUT2D eigenvalue weighted by molar-refractivity contribution is 5.37. The highest BCUT2D eigenvalue weighted by atomic mass is 19.2. The Morgan fingerprint density at radius 3 is 1.95 bits per heavy atom. The minimum absolute atomic E-state index is 0.114. The Balaban J connectivity index is 2.63. The Hall–Kier alpha value is -1.95. The van der Waals surface area contributed by atoms with Crippen LogP contribution in [-0.2, 0) is 0 Å². The molecule has 0 saturated heterocycles. The van der Waals surface area contributed by atoms with E-state index < -0.39 is 35.1 Å². The molecule has 0 bridgehead atoms. The second-order valence-corrected chi connectivity index (χ2v) is 4.61. The van der Waals surface area contributed by atoms with E-state index in [0.29, 0.717) is 12.1 Å². The molecule has 21 heavy (non-hydrogen) atoms. The molecule has 2 aromatic rings. The zero-order valence-electron chi connectivity index (χ0n) is 11.3. The van der Waals surface area contributed by atoms with E-state index in [4.69, 9.17) is 0 Å². The molecule has 1 unspecified atom stereocenters. The summed E-state index contributed by atoms with van der Waals surface area (Å²) in [6.45, 7) is 1.44. The molecule has 0 saturated carbocycles. The topological polar surface area (TPSA) is 12.0 Å². The van der Waals surface area contributed by atoms with Crippen molar-refractivity contribution in [1.29, 1.82) is 0 Å². The van der Waals surface area contributed by atoms with Crippen LogP contribution in [0.3, 0.4) is 0 Å². The Kier molecular flexibility index (Phi) is 4.27. The van der Waals surface area contributed by atoms with Gasteiger partial charge >= 0.3 is 0 Å². The lowest BCUT2D eigenvalue weighted by molar-refractivity contribution is 0.441. The van der Waals surface area contributed by atoms with Crippen molar-refractivity contribution >= 4 is 0 Å². The van der Waals surface area contributed by atoms with Crippen LogP contribution in [0.25, 0.3) is 0 Å². The smallest absolute Gasteiger partial charge is 0.194 e.